The fourth-order valence-electron chi connectivity index (χ4n) is 2.08. The highest BCUT2D eigenvalue weighted by molar-refractivity contribution is 7.89. The lowest BCUT2D eigenvalue weighted by molar-refractivity contribution is 0.530. The van der Waals surface area contributed by atoms with E-state index in [9.17, 15) is 8.42 Å². The summed E-state index contributed by atoms with van der Waals surface area (Å²) >= 11 is 0. The van der Waals surface area contributed by atoms with Crippen molar-refractivity contribution in [2.45, 2.75) is 51.3 Å². The quantitative estimate of drug-likeness (QED) is 0.572. The predicted molar refractivity (Wildman–Crippen MR) is 84.1 cm³/mol. The first-order valence-electron chi connectivity index (χ1n) is 7.25. The molecule has 0 saturated carbocycles. The number of nitrogen functional groups attached to an aromatic ring is 1. The first-order chi connectivity index (χ1) is 9.36. The smallest absolute Gasteiger partial charge is 0.240 e. The molecular weight excluding hydrogens is 272 g/mol. The number of sulfonamides is 1. The summed E-state index contributed by atoms with van der Waals surface area (Å²) in [6.45, 7) is 6.76. The molecule has 0 atom stereocenters. The minimum absolute atomic E-state index is 0.309. The molecule has 0 heterocycles. The molecule has 0 unspecified atom stereocenters. The van der Waals surface area contributed by atoms with E-state index in [2.05, 4.69) is 18.6 Å². The molecule has 114 valence electrons. The van der Waals surface area contributed by atoms with Gasteiger partial charge in [0, 0.05) is 12.2 Å². The normalized spacial score (nSPS) is 12.0. The van der Waals surface area contributed by atoms with Gasteiger partial charge in [-0.25, -0.2) is 13.1 Å². The topological polar surface area (TPSA) is 72.2 Å². The fourth-order valence-corrected chi connectivity index (χ4v) is 3.49. The number of hydrogen-bond acceptors (Lipinski definition) is 3. The highest BCUT2D eigenvalue weighted by atomic mass is 32.2. The van der Waals surface area contributed by atoms with Crippen LogP contribution in [0.25, 0.3) is 0 Å². The highest BCUT2D eigenvalue weighted by Gasteiger charge is 2.17. The minimum atomic E-state index is -3.46. The second-order valence-electron chi connectivity index (χ2n) is 5.51. The van der Waals surface area contributed by atoms with Gasteiger partial charge in [-0.3, -0.25) is 0 Å². The van der Waals surface area contributed by atoms with Crippen LogP contribution in [0.5, 0.6) is 0 Å². The summed E-state index contributed by atoms with van der Waals surface area (Å²) in [7, 11) is -3.46. The molecule has 3 N–H and O–H groups in total. The van der Waals surface area contributed by atoms with Gasteiger partial charge in [0.2, 0.25) is 10.0 Å². The Labute approximate surface area is 122 Å². The number of nitrogens with one attached hydrogen (secondary N) is 1. The average Bonchev–Trinajstić information content (AvgIpc) is 2.37. The molecule has 20 heavy (non-hydrogen) atoms. The Morgan fingerprint density at radius 1 is 1.25 bits per heavy atom. The molecule has 0 aliphatic rings. The third-order valence-corrected chi connectivity index (χ3v) is 4.81. The number of nitrogens with two attached hydrogens (primary N) is 1. The third kappa shape index (κ3) is 5.13. The van der Waals surface area contributed by atoms with Crippen LogP contribution in [0.1, 0.15) is 45.6 Å². The van der Waals surface area contributed by atoms with Gasteiger partial charge in [0.25, 0.3) is 0 Å². The molecule has 4 nitrogen and oxygen atoms in total. The van der Waals surface area contributed by atoms with E-state index in [0.29, 0.717) is 29.5 Å². The maximum Gasteiger partial charge on any atom is 0.240 e. The van der Waals surface area contributed by atoms with Crippen molar-refractivity contribution in [2.75, 3.05) is 12.3 Å². The van der Waals surface area contributed by atoms with Gasteiger partial charge in [-0.15, -0.1) is 0 Å². The summed E-state index contributed by atoms with van der Waals surface area (Å²) in [5, 5.41) is 0. The van der Waals surface area contributed by atoms with Gasteiger partial charge in [-0.1, -0.05) is 39.7 Å². The zero-order valence-corrected chi connectivity index (χ0v) is 13.5. The van der Waals surface area contributed by atoms with E-state index in [0.717, 1.165) is 24.8 Å². The van der Waals surface area contributed by atoms with Crippen LogP contribution >= 0.6 is 0 Å². The Kier molecular flexibility index (Phi) is 6.49. The fraction of sp³-hybridized carbons (Fsp3) is 0.600. The summed E-state index contributed by atoms with van der Waals surface area (Å²) in [5.74, 6) is 0.659. The van der Waals surface area contributed by atoms with Crippen molar-refractivity contribution in [3.63, 3.8) is 0 Å². The van der Waals surface area contributed by atoms with Crippen LogP contribution in [-0.4, -0.2) is 15.0 Å². The molecule has 0 spiro atoms. The van der Waals surface area contributed by atoms with Crippen molar-refractivity contribution in [3.05, 3.63) is 23.8 Å². The summed E-state index contributed by atoms with van der Waals surface area (Å²) in [6, 6.07) is 5.05. The van der Waals surface area contributed by atoms with Crippen LogP contribution in [0.15, 0.2) is 23.1 Å². The first-order valence-corrected chi connectivity index (χ1v) is 8.73. The zero-order valence-electron chi connectivity index (χ0n) is 12.6. The van der Waals surface area contributed by atoms with Crippen molar-refractivity contribution >= 4 is 15.7 Å². The Bertz CT molecular complexity index is 525. The van der Waals surface area contributed by atoms with Crippen molar-refractivity contribution in [1.29, 1.82) is 0 Å². The second kappa shape index (κ2) is 7.64. The van der Waals surface area contributed by atoms with E-state index in [-0.39, 0.29) is 0 Å². The van der Waals surface area contributed by atoms with Crippen LogP contribution < -0.4 is 10.5 Å². The summed E-state index contributed by atoms with van der Waals surface area (Å²) < 4.78 is 27.3. The van der Waals surface area contributed by atoms with Gasteiger partial charge in [-0.05, 0) is 36.5 Å². The summed E-state index contributed by atoms with van der Waals surface area (Å²) in [6.07, 6.45) is 3.70. The largest absolute Gasteiger partial charge is 0.399 e. The Morgan fingerprint density at radius 3 is 2.55 bits per heavy atom. The van der Waals surface area contributed by atoms with Crippen LogP contribution in [-0.2, 0) is 16.4 Å². The maximum atomic E-state index is 12.3. The van der Waals surface area contributed by atoms with Crippen molar-refractivity contribution in [3.8, 4) is 0 Å². The van der Waals surface area contributed by atoms with Gasteiger partial charge < -0.3 is 5.73 Å². The van der Waals surface area contributed by atoms with E-state index in [4.69, 9.17) is 5.73 Å². The lowest BCUT2D eigenvalue weighted by atomic mass is 10.1. The van der Waals surface area contributed by atoms with Crippen molar-refractivity contribution in [2.24, 2.45) is 5.92 Å². The molecule has 0 radical (unpaired) electrons. The van der Waals surface area contributed by atoms with Gasteiger partial charge in [-0.2, -0.15) is 0 Å². The Balaban J connectivity index is 2.67. The summed E-state index contributed by atoms with van der Waals surface area (Å²) in [4.78, 5) is 0.309. The Hall–Kier alpha value is -1.07. The number of rotatable bonds is 8. The van der Waals surface area contributed by atoms with E-state index in [1.54, 1.807) is 12.1 Å². The lowest BCUT2D eigenvalue weighted by Gasteiger charge is -2.11. The lowest BCUT2D eigenvalue weighted by Crippen LogP contribution is -2.26. The summed E-state index contributed by atoms with van der Waals surface area (Å²) in [5.41, 5.74) is 6.97. The van der Waals surface area contributed by atoms with E-state index >= 15 is 0 Å². The maximum absolute atomic E-state index is 12.3. The predicted octanol–water partition coefficient (Wildman–Crippen LogP) is 2.94. The van der Waals surface area contributed by atoms with Gasteiger partial charge >= 0.3 is 0 Å². The molecule has 5 heteroatoms. The van der Waals surface area contributed by atoms with E-state index in [1.165, 1.54) is 6.07 Å². The van der Waals surface area contributed by atoms with Gasteiger partial charge in [0.1, 0.15) is 0 Å². The number of unbranched alkanes of at least 4 members (excludes halogenated alkanes) is 1. The van der Waals surface area contributed by atoms with E-state index < -0.39 is 10.0 Å². The molecule has 0 fully saturated rings. The average molecular weight is 298 g/mol. The third-order valence-electron chi connectivity index (χ3n) is 3.26. The first kappa shape index (κ1) is 17.0. The van der Waals surface area contributed by atoms with Gasteiger partial charge in [0.05, 0.1) is 4.90 Å². The van der Waals surface area contributed by atoms with Crippen LogP contribution in [0.4, 0.5) is 5.69 Å². The molecule has 0 aliphatic carbocycles. The molecule has 0 aliphatic heterocycles. The number of anilines is 1. The van der Waals surface area contributed by atoms with Crippen molar-refractivity contribution < 1.29 is 8.42 Å². The van der Waals surface area contributed by atoms with Crippen LogP contribution in [0.2, 0.25) is 0 Å². The molecular formula is C15H26N2O2S. The molecule has 0 amide bonds. The second-order valence-corrected chi connectivity index (χ2v) is 7.24. The van der Waals surface area contributed by atoms with Crippen LogP contribution in [0.3, 0.4) is 0 Å². The Morgan fingerprint density at radius 2 is 1.95 bits per heavy atom. The highest BCUT2D eigenvalue weighted by Crippen LogP contribution is 2.19. The molecule has 1 rings (SSSR count). The molecule has 1 aromatic carbocycles. The molecule has 0 aromatic heterocycles. The minimum Gasteiger partial charge on any atom is -0.399 e. The zero-order chi connectivity index (χ0) is 15.2. The number of benzene rings is 1. The molecule has 0 saturated heterocycles. The SMILES string of the molecule is CCc1ccc(N)cc1S(=O)(=O)NCCCCC(C)C. The standard InChI is InChI=1S/C15H26N2O2S/c1-4-13-8-9-14(16)11-15(13)20(18,19)17-10-6-5-7-12(2)3/h8-9,11-12,17H,4-7,10,16H2,1-3H3. The van der Waals surface area contributed by atoms with Crippen LogP contribution in [0, 0.1) is 5.92 Å². The van der Waals surface area contributed by atoms with Gasteiger partial charge in [0.15, 0.2) is 0 Å². The van der Waals surface area contributed by atoms with E-state index in [1.807, 2.05) is 6.92 Å². The van der Waals surface area contributed by atoms with Crippen molar-refractivity contribution in [1.82, 2.24) is 4.72 Å². The monoisotopic (exact) mass is 298 g/mol. The number of aryl methyl sites for hydroxylation is 1. The molecule has 0 bridgehead atoms. The number of hydrogen-bond donors (Lipinski definition) is 2. The molecule has 1 aromatic rings.